The molecule has 0 aromatic heterocycles. The van der Waals surface area contributed by atoms with Gasteiger partial charge in [-0.2, -0.15) is 0 Å². The Morgan fingerprint density at radius 1 is 0.851 bits per heavy atom. The Kier molecular flexibility index (Phi) is 12.6. The average molecular weight is 717 g/mol. The first kappa shape index (κ1) is 36.1. The summed E-state index contributed by atoms with van der Waals surface area (Å²) in [5.74, 6) is -0.651. The second-order valence-electron chi connectivity index (χ2n) is 10.9. The molecule has 0 heterocycles. The molecular weight excluding hydrogens is 681 g/mol. The topological polar surface area (TPSA) is 96.0 Å². The molecule has 1 unspecified atom stereocenters. The maximum atomic E-state index is 14.6. The van der Waals surface area contributed by atoms with Crippen molar-refractivity contribution in [1.82, 2.24) is 10.2 Å². The normalized spacial score (nSPS) is 11.9. The van der Waals surface area contributed by atoms with Crippen molar-refractivity contribution in [3.8, 4) is 5.75 Å². The van der Waals surface area contributed by atoms with E-state index >= 15 is 0 Å². The van der Waals surface area contributed by atoms with E-state index in [0.29, 0.717) is 29.3 Å². The molecule has 1 atom stereocenters. The molecule has 12 heteroatoms. The minimum absolute atomic E-state index is 0.0135. The molecule has 0 aliphatic heterocycles. The molecule has 0 bridgehead atoms. The monoisotopic (exact) mass is 715 g/mol. The fourth-order valence-electron chi connectivity index (χ4n) is 4.93. The minimum atomic E-state index is -4.29. The predicted octanol–water partition coefficient (Wildman–Crippen LogP) is 7.33. The number of benzene rings is 4. The summed E-state index contributed by atoms with van der Waals surface area (Å²) in [4.78, 5) is 29.7. The van der Waals surface area contributed by atoms with Gasteiger partial charge in [0.05, 0.1) is 32.8 Å². The molecule has 4 aromatic rings. The van der Waals surface area contributed by atoms with Gasteiger partial charge in [-0.15, -0.1) is 0 Å². The highest BCUT2D eigenvalue weighted by atomic mass is 35.5. The van der Waals surface area contributed by atoms with Crippen molar-refractivity contribution in [3.05, 3.63) is 123 Å². The van der Waals surface area contributed by atoms with Crippen LogP contribution in [0.4, 0.5) is 5.69 Å². The van der Waals surface area contributed by atoms with Gasteiger partial charge in [0.2, 0.25) is 11.8 Å². The Bertz CT molecular complexity index is 1810. The lowest BCUT2D eigenvalue weighted by Gasteiger charge is -2.34. The summed E-state index contributed by atoms with van der Waals surface area (Å²) in [5, 5.41) is 3.70. The van der Waals surface area contributed by atoms with Gasteiger partial charge in [-0.1, -0.05) is 95.8 Å². The number of hydrogen-bond donors (Lipinski definition) is 1. The van der Waals surface area contributed by atoms with Gasteiger partial charge in [-0.05, 0) is 66.9 Å². The second kappa shape index (κ2) is 16.4. The Morgan fingerprint density at radius 3 is 2.17 bits per heavy atom. The highest BCUT2D eigenvalue weighted by Crippen LogP contribution is 2.32. The number of anilines is 1. The summed E-state index contributed by atoms with van der Waals surface area (Å²) < 4.78 is 34.7. The molecule has 248 valence electrons. The first-order valence-corrected chi connectivity index (χ1v) is 17.5. The van der Waals surface area contributed by atoms with Crippen LogP contribution in [0.3, 0.4) is 0 Å². The number of halogens is 3. The van der Waals surface area contributed by atoms with Gasteiger partial charge >= 0.3 is 0 Å². The van der Waals surface area contributed by atoms with E-state index in [1.807, 2.05) is 44.2 Å². The first-order valence-electron chi connectivity index (χ1n) is 14.9. The smallest absolute Gasteiger partial charge is 0.264 e. The number of nitrogens with one attached hydrogen (secondary N) is 1. The molecule has 0 aliphatic carbocycles. The molecule has 4 aromatic carbocycles. The standard InChI is InChI=1S/C35H36Cl3N3O5S/c1-4-18-39-35(43)32(20-25-8-6-5-7-9-25)40(22-26-12-16-29(36)30(37)19-26)34(42)23-41(27-13-17-33(46-3)31(38)21-27)47(44,45)28-14-10-24(2)11-15-28/h5-17,19,21,32H,4,18,20,22-23H2,1-3H3,(H,39,43). The van der Waals surface area contributed by atoms with Crippen molar-refractivity contribution >= 4 is 62.3 Å². The van der Waals surface area contributed by atoms with Crippen molar-refractivity contribution < 1.29 is 22.7 Å². The number of rotatable bonds is 14. The van der Waals surface area contributed by atoms with Crippen molar-refractivity contribution in [2.75, 3.05) is 24.5 Å². The zero-order valence-corrected chi connectivity index (χ0v) is 29.3. The first-order chi connectivity index (χ1) is 22.4. The van der Waals surface area contributed by atoms with Crippen LogP contribution in [-0.2, 0) is 32.6 Å². The molecular formula is C35H36Cl3N3O5S. The Balaban J connectivity index is 1.83. The van der Waals surface area contributed by atoms with Crippen LogP contribution >= 0.6 is 34.8 Å². The van der Waals surface area contributed by atoms with Crippen LogP contribution in [0, 0.1) is 6.92 Å². The molecule has 8 nitrogen and oxygen atoms in total. The number of amides is 2. The third-order valence-electron chi connectivity index (χ3n) is 7.47. The van der Waals surface area contributed by atoms with Gasteiger partial charge in [-0.3, -0.25) is 13.9 Å². The molecule has 2 amide bonds. The molecule has 1 N–H and O–H groups in total. The van der Waals surface area contributed by atoms with Crippen LogP contribution < -0.4 is 14.4 Å². The lowest BCUT2D eigenvalue weighted by Crippen LogP contribution is -2.53. The van der Waals surface area contributed by atoms with Crippen molar-refractivity contribution in [2.45, 2.75) is 44.2 Å². The molecule has 0 saturated heterocycles. The van der Waals surface area contributed by atoms with Crippen molar-refractivity contribution in [3.63, 3.8) is 0 Å². The highest BCUT2D eigenvalue weighted by molar-refractivity contribution is 7.92. The van der Waals surface area contributed by atoms with Gasteiger partial charge in [0.15, 0.2) is 0 Å². The van der Waals surface area contributed by atoms with Crippen LogP contribution in [0.25, 0.3) is 0 Å². The Hall–Kier alpha value is -3.76. The largest absolute Gasteiger partial charge is 0.495 e. The summed E-state index contributed by atoms with van der Waals surface area (Å²) in [6.45, 7) is 3.50. The zero-order chi connectivity index (χ0) is 34.1. The van der Waals surface area contributed by atoms with Gasteiger partial charge in [0, 0.05) is 19.5 Å². The van der Waals surface area contributed by atoms with E-state index < -0.39 is 28.5 Å². The SMILES string of the molecule is CCCNC(=O)C(Cc1ccccc1)N(Cc1ccc(Cl)c(Cl)c1)C(=O)CN(c1ccc(OC)c(Cl)c1)S(=O)(=O)c1ccc(C)cc1. The maximum Gasteiger partial charge on any atom is 0.264 e. The molecule has 4 rings (SSSR count). The van der Waals surface area contributed by atoms with Gasteiger partial charge in [0.25, 0.3) is 10.0 Å². The zero-order valence-electron chi connectivity index (χ0n) is 26.3. The summed E-state index contributed by atoms with van der Waals surface area (Å²) in [7, 11) is -2.85. The van der Waals surface area contributed by atoms with E-state index in [2.05, 4.69) is 5.32 Å². The van der Waals surface area contributed by atoms with E-state index in [4.69, 9.17) is 39.5 Å². The lowest BCUT2D eigenvalue weighted by molar-refractivity contribution is -0.140. The Morgan fingerprint density at radius 2 is 1.55 bits per heavy atom. The number of carbonyl (C=O) groups is 2. The number of carbonyl (C=O) groups excluding carboxylic acids is 2. The Labute approximate surface area is 291 Å². The van der Waals surface area contributed by atoms with Gasteiger partial charge < -0.3 is 15.0 Å². The second-order valence-corrected chi connectivity index (χ2v) is 14.0. The lowest BCUT2D eigenvalue weighted by atomic mass is 10.0. The van der Waals surface area contributed by atoms with E-state index in [1.165, 1.54) is 42.3 Å². The number of sulfonamides is 1. The number of hydrogen-bond acceptors (Lipinski definition) is 5. The van der Waals surface area contributed by atoms with Crippen LogP contribution in [-0.4, -0.2) is 51.4 Å². The number of aryl methyl sites for hydroxylation is 1. The minimum Gasteiger partial charge on any atom is -0.495 e. The molecule has 0 saturated carbocycles. The molecule has 0 aliphatic rings. The van der Waals surface area contributed by atoms with Crippen LogP contribution in [0.5, 0.6) is 5.75 Å². The van der Waals surface area contributed by atoms with Crippen LogP contribution in [0.15, 0.2) is 95.9 Å². The molecule has 0 spiro atoms. The van der Waals surface area contributed by atoms with Crippen LogP contribution in [0.2, 0.25) is 15.1 Å². The summed E-state index contributed by atoms with van der Waals surface area (Å²) in [6, 6.07) is 24.1. The third-order valence-corrected chi connectivity index (χ3v) is 10.3. The molecule has 0 radical (unpaired) electrons. The maximum absolute atomic E-state index is 14.6. The average Bonchev–Trinajstić information content (AvgIpc) is 3.06. The third kappa shape index (κ3) is 9.20. The number of methoxy groups -OCH3 is 1. The van der Waals surface area contributed by atoms with E-state index in [-0.39, 0.29) is 39.5 Å². The molecule has 0 fully saturated rings. The van der Waals surface area contributed by atoms with E-state index in [9.17, 15) is 18.0 Å². The molecule has 47 heavy (non-hydrogen) atoms. The van der Waals surface area contributed by atoms with E-state index in [0.717, 1.165) is 15.4 Å². The van der Waals surface area contributed by atoms with Crippen LogP contribution in [0.1, 0.15) is 30.0 Å². The quantitative estimate of drug-likeness (QED) is 0.148. The van der Waals surface area contributed by atoms with Crippen molar-refractivity contribution in [1.29, 1.82) is 0 Å². The van der Waals surface area contributed by atoms with Gasteiger partial charge in [-0.25, -0.2) is 8.42 Å². The fourth-order valence-corrected chi connectivity index (χ4v) is 6.91. The van der Waals surface area contributed by atoms with E-state index in [1.54, 1.807) is 30.3 Å². The number of ether oxygens (including phenoxy) is 1. The van der Waals surface area contributed by atoms with Gasteiger partial charge in [0.1, 0.15) is 18.3 Å². The fraction of sp³-hybridized carbons (Fsp3) is 0.257. The summed E-state index contributed by atoms with van der Waals surface area (Å²) in [5.41, 5.74) is 2.44. The predicted molar refractivity (Wildman–Crippen MR) is 188 cm³/mol. The number of nitrogens with zero attached hydrogens (tertiary/aromatic N) is 2. The summed E-state index contributed by atoms with van der Waals surface area (Å²) >= 11 is 18.9. The highest BCUT2D eigenvalue weighted by Gasteiger charge is 2.35. The summed E-state index contributed by atoms with van der Waals surface area (Å²) in [6.07, 6.45) is 0.869. The van der Waals surface area contributed by atoms with Crippen molar-refractivity contribution in [2.24, 2.45) is 0 Å².